The summed E-state index contributed by atoms with van der Waals surface area (Å²) in [7, 11) is -3.04. The third-order valence-corrected chi connectivity index (χ3v) is 3.55. The van der Waals surface area contributed by atoms with E-state index in [0.717, 1.165) is 32.4 Å². The molecule has 0 aromatic heterocycles. The van der Waals surface area contributed by atoms with E-state index in [1.54, 1.807) is 0 Å². The lowest BCUT2D eigenvalue weighted by Gasteiger charge is -2.19. The maximum atomic E-state index is 10.8. The Hall–Kier alpha value is -0.170. The topological polar surface area (TPSA) is 67.4 Å². The smallest absolute Gasteiger partial charge is 0.208 e. The molecule has 17 heavy (non-hydrogen) atoms. The van der Waals surface area contributed by atoms with Crippen LogP contribution < -0.4 is 10.0 Å². The number of sulfonamides is 1. The van der Waals surface area contributed by atoms with Crippen LogP contribution in [-0.2, 0) is 14.8 Å². The van der Waals surface area contributed by atoms with Crippen LogP contribution in [0.25, 0.3) is 0 Å². The number of ether oxygens (including phenoxy) is 1. The lowest BCUT2D eigenvalue weighted by molar-refractivity contribution is -0.0141. The van der Waals surface area contributed by atoms with Crippen LogP contribution in [0, 0.1) is 0 Å². The zero-order valence-electron chi connectivity index (χ0n) is 11.0. The average Bonchev–Trinajstić information content (AvgIpc) is 2.50. The van der Waals surface area contributed by atoms with E-state index in [1.165, 1.54) is 6.26 Å². The highest BCUT2D eigenvalue weighted by Gasteiger charge is 2.30. The van der Waals surface area contributed by atoms with E-state index >= 15 is 0 Å². The summed E-state index contributed by atoms with van der Waals surface area (Å²) in [5, 5.41) is 3.29. The fourth-order valence-electron chi connectivity index (χ4n) is 1.96. The summed E-state index contributed by atoms with van der Waals surface area (Å²) < 4.78 is 29.9. The van der Waals surface area contributed by atoms with E-state index in [2.05, 4.69) is 23.9 Å². The van der Waals surface area contributed by atoms with Gasteiger partial charge in [-0.05, 0) is 39.7 Å². The molecule has 1 aliphatic heterocycles. The van der Waals surface area contributed by atoms with Crippen LogP contribution in [0.15, 0.2) is 0 Å². The predicted molar refractivity (Wildman–Crippen MR) is 68.5 cm³/mol. The normalized spacial score (nSPS) is 24.1. The van der Waals surface area contributed by atoms with E-state index in [1.807, 2.05) is 0 Å². The predicted octanol–water partition coefficient (Wildman–Crippen LogP) is 0.473. The molecule has 1 saturated heterocycles. The van der Waals surface area contributed by atoms with Crippen LogP contribution in [0.4, 0.5) is 0 Å². The van der Waals surface area contributed by atoms with Gasteiger partial charge >= 0.3 is 0 Å². The first-order valence-electron chi connectivity index (χ1n) is 6.12. The number of nitrogens with one attached hydrogen (secondary N) is 2. The van der Waals surface area contributed by atoms with Gasteiger partial charge in [-0.25, -0.2) is 13.1 Å². The van der Waals surface area contributed by atoms with Gasteiger partial charge in [0.1, 0.15) is 0 Å². The summed E-state index contributed by atoms with van der Waals surface area (Å²) >= 11 is 0. The Morgan fingerprint density at radius 3 is 2.59 bits per heavy atom. The van der Waals surface area contributed by atoms with Gasteiger partial charge in [0.05, 0.1) is 18.0 Å². The highest BCUT2D eigenvalue weighted by Crippen LogP contribution is 2.28. The standard InChI is InChI=1S/C11H24N2O3S/c1-11(2)6-5-10(16-11)9-12-7-4-8-13-17(3,14)15/h10,12-13H,4-9H2,1-3H3. The highest BCUT2D eigenvalue weighted by molar-refractivity contribution is 7.88. The van der Waals surface area contributed by atoms with Gasteiger partial charge in [-0.2, -0.15) is 0 Å². The fraction of sp³-hybridized carbons (Fsp3) is 1.00. The summed E-state index contributed by atoms with van der Waals surface area (Å²) in [6.45, 7) is 6.38. The lowest BCUT2D eigenvalue weighted by Crippen LogP contribution is -2.31. The summed E-state index contributed by atoms with van der Waals surface area (Å²) in [5.74, 6) is 0. The first-order valence-corrected chi connectivity index (χ1v) is 8.01. The molecule has 1 atom stereocenters. The van der Waals surface area contributed by atoms with Crippen molar-refractivity contribution >= 4 is 10.0 Å². The van der Waals surface area contributed by atoms with Crippen molar-refractivity contribution in [3.8, 4) is 0 Å². The zero-order valence-corrected chi connectivity index (χ0v) is 11.8. The van der Waals surface area contributed by atoms with Crippen molar-refractivity contribution in [3.63, 3.8) is 0 Å². The highest BCUT2D eigenvalue weighted by atomic mass is 32.2. The van der Waals surface area contributed by atoms with Crippen LogP contribution in [-0.4, -0.2) is 46.0 Å². The van der Waals surface area contributed by atoms with E-state index in [0.29, 0.717) is 12.6 Å². The molecule has 0 spiro atoms. The number of rotatable bonds is 7. The Morgan fingerprint density at radius 2 is 2.06 bits per heavy atom. The second kappa shape index (κ2) is 6.13. The van der Waals surface area contributed by atoms with E-state index in [-0.39, 0.29) is 5.60 Å². The average molecular weight is 264 g/mol. The molecule has 1 heterocycles. The number of hydrogen-bond acceptors (Lipinski definition) is 4. The first-order chi connectivity index (χ1) is 7.79. The maximum absolute atomic E-state index is 10.8. The zero-order chi connectivity index (χ0) is 12.9. The Bertz CT molecular complexity index is 328. The molecule has 1 aliphatic rings. The van der Waals surface area contributed by atoms with Crippen LogP contribution in [0.5, 0.6) is 0 Å². The van der Waals surface area contributed by atoms with E-state index in [9.17, 15) is 8.42 Å². The molecule has 102 valence electrons. The largest absolute Gasteiger partial charge is 0.371 e. The Labute approximate surface area is 104 Å². The molecule has 0 saturated carbocycles. The molecule has 2 N–H and O–H groups in total. The van der Waals surface area contributed by atoms with Crippen LogP contribution in [0.1, 0.15) is 33.1 Å². The van der Waals surface area contributed by atoms with Gasteiger partial charge < -0.3 is 10.1 Å². The maximum Gasteiger partial charge on any atom is 0.208 e. The van der Waals surface area contributed by atoms with Gasteiger partial charge in [0.25, 0.3) is 0 Å². The second-order valence-corrected chi connectivity index (χ2v) is 7.10. The van der Waals surface area contributed by atoms with Crippen molar-refractivity contribution in [3.05, 3.63) is 0 Å². The summed E-state index contributed by atoms with van der Waals surface area (Å²) in [6.07, 6.45) is 4.47. The second-order valence-electron chi connectivity index (χ2n) is 5.26. The molecule has 0 bridgehead atoms. The van der Waals surface area contributed by atoms with Gasteiger partial charge in [-0.15, -0.1) is 0 Å². The van der Waals surface area contributed by atoms with Crippen molar-refractivity contribution in [2.75, 3.05) is 25.9 Å². The minimum absolute atomic E-state index is 0.0180. The molecule has 5 nitrogen and oxygen atoms in total. The summed E-state index contributed by atoms with van der Waals surface area (Å²) in [4.78, 5) is 0. The minimum Gasteiger partial charge on any atom is -0.371 e. The van der Waals surface area contributed by atoms with Crippen LogP contribution in [0.2, 0.25) is 0 Å². The Morgan fingerprint density at radius 1 is 1.35 bits per heavy atom. The quantitative estimate of drug-likeness (QED) is 0.656. The minimum atomic E-state index is -3.04. The molecule has 0 radical (unpaired) electrons. The van der Waals surface area contributed by atoms with Gasteiger partial charge in [-0.1, -0.05) is 0 Å². The molecule has 0 aromatic carbocycles. The van der Waals surface area contributed by atoms with Crippen LogP contribution >= 0.6 is 0 Å². The van der Waals surface area contributed by atoms with Crippen LogP contribution in [0.3, 0.4) is 0 Å². The molecule has 0 aromatic rings. The molecular weight excluding hydrogens is 240 g/mol. The van der Waals surface area contributed by atoms with Gasteiger partial charge in [0.2, 0.25) is 10.0 Å². The monoisotopic (exact) mass is 264 g/mol. The molecular formula is C11H24N2O3S. The van der Waals surface area contributed by atoms with E-state index in [4.69, 9.17) is 4.74 Å². The first kappa shape index (κ1) is 14.9. The SMILES string of the molecule is CC1(C)CCC(CNCCCNS(C)(=O)=O)O1. The van der Waals surface area contributed by atoms with Gasteiger partial charge in [-0.3, -0.25) is 0 Å². The molecule has 0 aliphatic carbocycles. The summed E-state index contributed by atoms with van der Waals surface area (Å²) in [6, 6.07) is 0. The van der Waals surface area contributed by atoms with Crippen molar-refractivity contribution < 1.29 is 13.2 Å². The van der Waals surface area contributed by atoms with Gasteiger partial charge in [0, 0.05) is 13.1 Å². The number of hydrogen-bond donors (Lipinski definition) is 2. The Kier molecular flexibility index (Phi) is 5.37. The van der Waals surface area contributed by atoms with Crippen molar-refractivity contribution in [2.45, 2.75) is 44.8 Å². The molecule has 1 unspecified atom stereocenters. The summed E-state index contributed by atoms with van der Waals surface area (Å²) in [5.41, 5.74) is 0.0180. The van der Waals surface area contributed by atoms with E-state index < -0.39 is 10.0 Å². The van der Waals surface area contributed by atoms with Crippen molar-refractivity contribution in [2.24, 2.45) is 0 Å². The van der Waals surface area contributed by atoms with Crippen molar-refractivity contribution in [1.29, 1.82) is 0 Å². The lowest BCUT2D eigenvalue weighted by atomic mass is 10.1. The Balaban J connectivity index is 1.99. The third kappa shape index (κ3) is 6.98. The molecule has 0 amide bonds. The third-order valence-electron chi connectivity index (χ3n) is 2.82. The molecule has 1 rings (SSSR count). The van der Waals surface area contributed by atoms with Gasteiger partial charge in [0.15, 0.2) is 0 Å². The van der Waals surface area contributed by atoms with Crippen molar-refractivity contribution in [1.82, 2.24) is 10.0 Å². The molecule has 1 fully saturated rings. The molecule has 6 heteroatoms. The fourth-order valence-corrected chi connectivity index (χ4v) is 2.47.